The number of nitrogens with one attached hydrogen (secondary N) is 1. The second-order valence-corrected chi connectivity index (χ2v) is 7.72. The Morgan fingerprint density at radius 1 is 0.839 bits per heavy atom. The van der Waals surface area contributed by atoms with Crippen LogP contribution in [0.2, 0.25) is 0 Å². The lowest BCUT2D eigenvalue weighted by Crippen LogP contribution is -2.70. The maximum Gasteiger partial charge on any atom is 0.377 e. The molecule has 0 unspecified atom stereocenters. The number of amides is 1. The zero-order valence-corrected chi connectivity index (χ0v) is 17.0. The van der Waals surface area contributed by atoms with Gasteiger partial charge in [-0.3, -0.25) is 0 Å². The first-order chi connectivity index (χ1) is 15.2. The molecule has 2 N–H and O–H groups in total. The van der Waals surface area contributed by atoms with Crippen LogP contribution in [0.15, 0.2) is 101 Å². The van der Waals surface area contributed by atoms with Crippen molar-refractivity contribution in [2.24, 2.45) is 4.99 Å². The van der Waals surface area contributed by atoms with Gasteiger partial charge in [0.05, 0.1) is 5.71 Å². The first-order valence-corrected chi connectivity index (χ1v) is 10.3. The Bertz CT molecular complexity index is 1210. The highest BCUT2D eigenvalue weighted by Crippen LogP contribution is 2.23. The SMILES string of the molecule is O=C1C(Cc2ccccc2)=[NH+]C2=C(Cc3ccccc3)N=C(c3ccc(O)cc3)CN12. The Hall–Kier alpha value is -3.99. The third kappa shape index (κ3) is 3.90. The Morgan fingerprint density at radius 2 is 1.45 bits per heavy atom. The van der Waals surface area contributed by atoms with E-state index in [-0.39, 0.29) is 11.7 Å². The maximum atomic E-state index is 13.3. The Morgan fingerprint density at radius 3 is 2.10 bits per heavy atom. The molecule has 0 bridgehead atoms. The Kier molecular flexibility index (Phi) is 4.92. The van der Waals surface area contributed by atoms with Crippen molar-refractivity contribution in [3.05, 3.63) is 113 Å². The Balaban J connectivity index is 1.55. The molecule has 31 heavy (non-hydrogen) atoms. The number of fused-ring (bicyclic) bond motifs is 1. The summed E-state index contributed by atoms with van der Waals surface area (Å²) in [6.45, 7) is 0.391. The number of aromatic hydroxyl groups is 1. The van der Waals surface area contributed by atoms with Gasteiger partial charge >= 0.3 is 11.7 Å². The van der Waals surface area contributed by atoms with E-state index in [2.05, 4.69) is 17.1 Å². The van der Waals surface area contributed by atoms with E-state index < -0.39 is 0 Å². The van der Waals surface area contributed by atoms with Crippen LogP contribution < -0.4 is 4.99 Å². The molecular formula is C26H22N3O2+. The fourth-order valence-corrected chi connectivity index (χ4v) is 3.95. The summed E-state index contributed by atoms with van der Waals surface area (Å²) in [7, 11) is 0. The minimum absolute atomic E-state index is 0.0180. The highest BCUT2D eigenvalue weighted by atomic mass is 16.3. The lowest BCUT2D eigenvalue weighted by Gasteiger charge is -2.19. The number of carbonyl (C=O) groups excluding carboxylic acids is 1. The van der Waals surface area contributed by atoms with E-state index in [0.29, 0.717) is 25.1 Å². The highest BCUT2D eigenvalue weighted by molar-refractivity contribution is 6.38. The van der Waals surface area contributed by atoms with Gasteiger partial charge in [-0.1, -0.05) is 60.7 Å². The number of allylic oxidation sites excluding steroid dienone is 1. The van der Waals surface area contributed by atoms with E-state index in [9.17, 15) is 9.90 Å². The van der Waals surface area contributed by atoms with E-state index in [4.69, 9.17) is 4.99 Å². The van der Waals surface area contributed by atoms with Gasteiger partial charge in [0, 0.05) is 18.4 Å². The van der Waals surface area contributed by atoms with E-state index in [1.807, 2.05) is 60.7 Å². The molecule has 0 aromatic heterocycles. The molecule has 2 aliphatic heterocycles. The monoisotopic (exact) mass is 408 g/mol. The molecule has 2 heterocycles. The molecule has 0 saturated carbocycles. The summed E-state index contributed by atoms with van der Waals surface area (Å²) < 4.78 is 0. The van der Waals surface area contributed by atoms with Crippen molar-refractivity contribution in [3.8, 4) is 5.75 Å². The normalized spacial score (nSPS) is 15.6. The molecule has 3 aromatic rings. The van der Waals surface area contributed by atoms with Crippen molar-refractivity contribution in [2.45, 2.75) is 12.8 Å². The van der Waals surface area contributed by atoms with Crippen LogP contribution in [0, 0.1) is 0 Å². The number of nitrogens with zero attached hydrogens (tertiary/aromatic N) is 2. The van der Waals surface area contributed by atoms with Crippen molar-refractivity contribution in [1.82, 2.24) is 4.90 Å². The number of benzene rings is 3. The number of phenols is 1. The van der Waals surface area contributed by atoms with Gasteiger partial charge in [-0.05, 0) is 35.4 Å². The van der Waals surface area contributed by atoms with Crippen LogP contribution in [0.4, 0.5) is 0 Å². The third-order valence-electron chi connectivity index (χ3n) is 5.53. The van der Waals surface area contributed by atoms with Gasteiger partial charge in [0.2, 0.25) is 0 Å². The summed E-state index contributed by atoms with van der Waals surface area (Å²) in [6.07, 6.45) is 1.17. The Labute approximate surface area is 180 Å². The average Bonchev–Trinajstić information content (AvgIpc) is 3.11. The largest absolute Gasteiger partial charge is 0.508 e. The van der Waals surface area contributed by atoms with Crippen LogP contribution in [0.5, 0.6) is 5.75 Å². The summed E-state index contributed by atoms with van der Waals surface area (Å²) in [6, 6.07) is 27.1. The summed E-state index contributed by atoms with van der Waals surface area (Å²) in [5, 5.41) is 9.64. The highest BCUT2D eigenvalue weighted by Gasteiger charge is 2.43. The van der Waals surface area contributed by atoms with Gasteiger partial charge in [0.25, 0.3) is 0 Å². The molecule has 5 heteroatoms. The van der Waals surface area contributed by atoms with Crippen LogP contribution >= 0.6 is 0 Å². The molecule has 0 radical (unpaired) electrons. The van der Waals surface area contributed by atoms with Crippen LogP contribution in [0.1, 0.15) is 16.7 Å². The van der Waals surface area contributed by atoms with Gasteiger partial charge in [0.15, 0.2) is 5.71 Å². The molecule has 152 valence electrons. The second kappa shape index (κ2) is 8.03. The number of phenolic OH excluding ortho intramolecular Hbond substituents is 1. The average molecular weight is 408 g/mol. The van der Waals surface area contributed by atoms with Crippen molar-refractivity contribution in [3.63, 3.8) is 0 Å². The lowest BCUT2D eigenvalue weighted by atomic mass is 10.0. The third-order valence-corrected chi connectivity index (χ3v) is 5.53. The van der Waals surface area contributed by atoms with Crippen LogP contribution in [0.25, 0.3) is 0 Å². The summed E-state index contributed by atoms with van der Waals surface area (Å²) in [5.74, 6) is 0.955. The molecule has 5 rings (SSSR count). The molecule has 0 aliphatic carbocycles. The molecule has 0 spiro atoms. The maximum absolute atomic E-state index is 13.3. The van der Waals surface area contributed by atoms with Crippen LogP contribution in [-0.4, -0.2) is 33.9 Å². The molecule has 0 fully saturated rings. The quantitative estimate of drug-likeness (QED) is 0.680. The van der Waals surface area contributed by atoms with Crippen molar-refractivity contribution in [1.29, 1.82) is 0 Å². The zero-order chi connectivity index (χ0) is 21.2. The molecule has 0 atom stereocenters. The fourth-order valence-electron chi connectivity index (χ4n) is 3.95. The summed E-state index contributed by atoms with van der Waals surface area (Å²) in [4.78, 5) is 23.4. The van der Waals surface area contributed by atoms with Crippen LogP contribution in [0.3, 0.4) is 0 Å². The van der Waals surface area contributed by atoms with Gasteiger partial charge in [-0.2, -0.15) is 4.90 Å². The first kappa shape index (κ1) is 19.0. The van der Waals surface area contributed by atoms with Gasteiger partial charge in [-0.25, -0.2) is 14.8 Å². The number of carbonyl (C=O) groups is 1. The standard InChI is InChI=1S/C26H21N3O2/c30-21-13-11-20(12-14-21)24-17-29-25(22(27-24)15-18-7-3-1-4-8-18)28-23(26(29)31)16-19-9-5-2-6-10-19/h1-14,30H,15-17H2/p+1. The van der Waals surface area contributed by atoms with Crippen molar-refractivity contribution < 1.29 is 14.9 Å². The number of hydrogen-bond acceptors (Lipinski definition) is 3. The van der Waals surface area contributed by atoms with E-state index in [1.165, 1.54) is 0 Å². The van der Waals surface area contributed by atoms with Gasteiger partial charge in [0.1, 0.15) is 18.0 Å². The number of rotatable bonds is 5. The minimum atomic E-state index is -0.0180. The fraction of sp³-hybridized carbons (Fsp3) is 0.115. The van der Waals surface area contributed by atoms with Gasteiger partial charge < -0.3 is 5.11 Å². The molecule has 1 amide bonds. The summed E-state index contributed by atoms with van der Waals surface area (Å²) in [5.41, 5.74) is 5.41. The van der Waals surface area contributed by atoms with Gasteiger partial charge in [-0.15, -0.1) is 0 Å². The van der Waals surface area contributed by atoms with E-state index in [1.54, 1.807) is 17.0 Å². The second-order valence-electron chi connectivity index (χ2n) is 7.72. The van der Waals surface area contributed by atoms with E-state index >= 15 is 0 Å². The molecule has 5 nitrogen and oxygen atoms in total. The minimum Gasteiger partial charge on any atom is -0.508 e. The predicted molar refractivity (Wildman–Crippen MR) is 120 cm³/mol. The van der Waals surface area contributed by atoms with Crippen molar-refractivity contribution in [2.75, 3.05) is 6.54 Å². The number of hydrogen-bond donors (Lipinski definition) is 2. The first-order valence-electron chi connectivity index (χ1n) is 10.3. The van der Waals surface area contributed by atoms with E-state index in [0.717, 1.165) is 33.9 Å². The molecule has 3 aromatic carbocycles. The molecule has 0 saturated heterocycles. The molecular weight excluding hydrogens is 386 g/mol. The van der Waals surface area contributed by atoms with Crippen molar-refractivity contribution >= 4 is 17.3 Å². The number of aliphatic imine (C=N–C) groups is 1. The summed E-state index contributed by atoms with van der Waals surface area (Å²) >= 11 is 0. The molecule has 2 aliphatic rings. The van der Waals surface area contributed by atoms with Crippen LogP contribution in [-0.2, 0) is 17.6 Å². The topological polar surface area (TPSA) is 66.9 Å². The zero-order valence-electron chi connectivity index (χ0n) is 17.0. The predicted octanol–water partition coefficient (Wildman–Crippen LogP) is 2.21. The smallest absolute Gasteiger partial charge is 0.377 e. The lowest BCUT2D eigenvalue weighted by molar-refractivity contribution is -0.408.